The van der Waals surface area contributed by atoms with Crippen molar-refractivity contribution in [2.45, 2.75) is 6.18 Å². The lowest BCUT2D eigenvalue weighted by Crippen LogP contribution is -2.36. The van der Waals surface area contributed by atoms with Gasteiger partial charge in [0.2, 0.25) is 0 Å². The Morgan fingerprint density at radius 3 is 2.60 bits per heavy atom. The number of hydrogen-bond donors (Lipinski definition) is 0. The van der Waals surface area contributed by atoms with Crippen LogP contribution in [0.15, 0.2) is 30.3 Å². The van der Waals surface area contributed by atoms with Gasteiger partial charge in [-0.2, -0.15) is 13.2 Å². The van der Waals surface area contributed by atoms with Crippen molar-refractivity contribution in [1.29, 1.82) is 0 Å². The minimum Gasteiger partial charge on any atom is -0.299 e. The average molecular weight is 279 g/mol. The molecule has 0 aromatic heterocycles. The van der Waals surface area contributed by atoms with Crippen molar-refractivity contribution in [3.63, 3.8) is 0 Å². The van der Waals surface area contributed by atoms with Crippen LogP contribution in [0.5, 0.6) is 0 Å². The number of aldehydes is 1. The fraction of sp³-hybridized carbons (Fsp3) is 0.143. The second-order valence-corrected chi connectivity index (χ2v) is 4.57. The Hall–Kier alpha value is -2.37. The Labute approximate surface area is 111 Å². The van der Waals surface area contributed by atoms with E-state index < -0.39 is 18.6 Å². The maximum absolute atomic E-state index is 12.6. The van der Waals surface area contributed by atoms with E-state index in [-0.39, 0.29) is 16.8 Å². The van der Waals surface area contributed by atoms with Gasteiger partial charge in [0.05, 0.1) is 5.69 Å². The summed E-state index contributed by atoms with van der Waals surface area (Å²) < 4.78 is 37.8. The molecule has 102 valence electrons. The van der Waals surface area contributed by atoms with Crippen LogP contribution in [0.4, 0.5) is 18.9 Å². The van der Waals surface area contributed by atoms with Crippen LogP contribution in [0, 0.1) is 0 Å². The van der Waals surface area contributed by atoms with E-state index in [0.717, 1.165) is 0 Å². The molecule has 20 heavy (non-hydrogen) atoms. The van der Waals surface area contributed by atoms with E-state index in [4.69, 9.17) is 0 Å². The lowest BCUT2D eigenvalue weighted by Gasteiger charge is -2.19. The van der Waals surface area contributed by atoms with E-state index in [1.807, 2.05) is 0 Å². The summed E-state index contributed by atoms with van der Waals surface area (Å²) in [7, 11) is 0. The van der Waals surface area contributed by atoms with Gasteiger partial charge >= 0.3 is 6.18 Å². The number of rotatable bonds is 2. The SMILES string of the molecule is O=Cc1cc2c3c(cccc3c1)C(=O)N2CC(F)(F)F. The summed E-state index contributed by atoms with van der Waals surface area (Å²) >= 11 is 0. The van der Waals surface area contributed by atoms with Crippen LogP contribution in [0.3, 0.4) is 0 Å². The van der Waals surface area contributed by atoms with Gasteiger partial charge in [-0.15, -0.1) is 0 Å². The highest BCUT2D eigenvalue weighted by Crippen LogP contribution is 2.39. The van der Waals surface area contributed by atoms with Crippen LogP contribution in [0.2, 0.25) is 0 Å². The number of halogens is 3. The summed E-state index contributed by atoms with van der Waals surface area (Å²) in [4.78, 5) is 23.6. The van der Waals surface area contributed by atoms with Crippen molar-refractivity contribution >= 4 is 28.7 Å². The third-order valence-corrected chi connectivity index (χ3v) is 3.22. The van der Waals surface area contributed by atoms with E-state index >= 15 is 0 Å². The molecule has 0 saturated heterocycles. The first-order valence-corrected chi connectivity index (χ1v) is 5.81. The Balaban J connectivity index is 2.25. The van der Waals surface area contributed by atoms with Crippen molar-refractivity contribution < 1.29 is 22.8 Å². The number of anilines is 1. The van der Waals surface area contributed by atoms with Crippen molar-refractivity contribution in [3.05, 3.63) is 41.5 Å². The van der Waals surface area contributed by atoms with Crippen molar-refractivity contribution in [3.8, 4) is 0 Å². The summed E-state index contributed by atoms with van der Waals surface area (Å²) in [5, 5.41) is 1.05. The Kier molecular flexibility index (Phi) is 2.57. The van der Waals surface area contributed by atoms with Crippen LogP contribution < -0.4 is 4.90 Å². The van der Waals surface area contributed by atoms with Crippen molar-refractivity contribution in [2.24, 2.45) is 0 Å². The standard InChI is InChI=1S/C14H8F3NO2/c15-14(16,17)7-18-11-5-8(6-19)4-9-2-1-3-10(12(9)11)13(18)20/h1-6H,7H2. The van der Waals surface area contributed by atoms with Crippen LogP contribution in [0.25, 0.3) is 10.8 Å². The predicted molar refractivity (Wildman–Crippen MR) is 67.1 cm³/mol. The van der Waals surface area contributed by atoms with E-state index in [2.05, 4.69) is 0 Å². The molecule has 0 fully saturated rings. The third-order valence-electron chi connectivity index (χ3n) is 3.22. The second-order valence-electron chi connectivity index (χ2n) is 4.57. The lowest BCUT2D eigenvalue weighted by molar-refractivity contribution is -0.118. The fourth-order valence-corrected chi connectivity index (χ4v) is 2.48. The quantitative estimate of drug-likeness (QED) is 0.792. The third kappa shape index (κ3) is 1.84. The molecule has 0 N–H and O–H groups in total. The van der Waals surface area contributed by atoms with E-state index in [0.29, 0.717) is 22.0 Å². The molecular formula is C14H8F3NO2. The van der Waals surface area contributed by atoms with E-state index in [1.165, 1.54) is 12.1 Å². The molecule has 0 atom stereocenters. The number of amides is 1. The maximum atomic E-state index is 12.6. The normalized spacial score (nSPS) is 14.2. The van der Waals surface area contributed by atoms with Gasteiger partial charge in [-0.3, -0.25) is 14.5 Å². The molecule has 6 heteroatoms. The van der Waals surface area contributed by atoms with Crippen molar-refractivity contribution in [1.82, 2.24) is 0 Å². The molecule has 1 aliphatic heterocycles. The molecule has 3 nitrogen and oxygen atoms in total. The van der Waals surface area contributed by atoms with Gasteiger partial charge in [0.1, 0.15) is 12.8 Å². The number of alkyl halides is 3. The van der Waals surface area contributed by atoms with E-state index in [1.54, 1.807) is 18.2 Å². The first-order valence-electron chi connectivity index (χ1n) is 5.81. The lowest BCUT2D eigenvalue weighted by atomic mass is 10.0. The topological polar surface area (TPSA) is 37.4 Å². The first kappa shape index (κ1) is 12.7. The number of nitrogens with zero attached hydrogens (tertiary/aromatic N) is 1. The van der Waals surface area contributed by atoms with Gasteiger partial charge in [0.25, 0.3) is 5.91 Å². The molecule has 2 aromatic carbocycles. The first-order chi connectivity index (χ1) is 9.40. The molecule has 0 saturated carbocycles. The Morgan fingerprint density at radius 2 is 1.95 bits per heavy atom. The summed E-state index contributed by atoms with van der Waals surface area (Å²) in [6, 6.07) is 7.62. The Bertz CT molecular complexity index is 737. The number of carbonyl (C=O) groups is 2. The molecule has 3 rings (SSSR count). The summed E-state index contributed by atoms with van der Waals surface area (Å²) in [6.45, 7) is -1.36. The fourth-order valence-electron chi connectivity index (χ4n) is 2.48. The molecular weight excluding hydrogens is 271 g/mol. The smallest absolute Gasteiger partial charge is 0.299 e. The van der Waals surface area contributed by atoms with E-state index in [9.17, 15) is 22.8 Å². The monoisotopic (exact) mass is 279 g/mol. The van der Waals surface area contributed by atoms with Crippen LogP contribution >= 0.6 is 0 Å². The van der Waals surface area contributed by atoms with Crippen molar-refractivity contribution in [2.75, 3.05) is 11.4 Å². The highest BCUT2D eigenvalue weighted by molar-refractivity contribution is 6.25. The van der Waals surface area contributed by atoms with Crippen LogP contribution in [-0.4, -0.2) is 24.9 Å². The molecule has 0 aliphatic carbocycles. The maximum Gasteiger partial charge on any atom is 0.406 e. The number of benzene rings is 2. The van der Waals surface area contributed by atoms with Crippen LogP contribution in [-0.2, 0) is 0 Å². The summed E-state index contributed by atoms with van der Waals surface area (Å²) in [5.41, 5.74) is 0.619. The molecule has 1 heterocycles. The number of hydrogen-bond acceptors (Lipinski definition) is 2. The minimum atomic E-state index is -4.50. The highest BCUT2D eigenvalue weighted by atomic mass is 19.4. The zero-order valence-electron chi connectivity index (χ0n) is 10.1. The van der Waals surface area contributed by atoms with Gasteiger partial charge in [-0.25, -0.2) is 0 Å². The Morgan fingerprint density at radius 1 is 1.20 bits per heavy atom. The zero-order valence-corrected chi connectivity index (χ0v) is 10.1. The van der Waals surface area contributed by atoms with Gasteiger partial charge in [-0.05, 0) is 23.6 Å². The molecule has 2 aromatic rings. The minimum absolute atomic E-state index is 0.141. The van der Waals surface area contributed by atoms with Gasteiger partial charge in [-0.1, -0.05) is 12.1 Å². The summed E-state index contributed by atoms with van der Waals surface area (Å²) in [6.07, 6.45) is -3.95. The molecule has 0 spiro atoms. The molecule has 1 amide bonds. The number of carbonyl (C=O) groups excluding carboxylic acids is 2. The molecule has 1 aliphatic rings. The zero-order chi connectivity index (χ0) is 14.5. The van der Waals surface area contributed by atoms with Gasteiger partial charge < -0.3 is 0 Å². The average Bonchev–Trinajstić information content (AvgIpc) is 2.64. The second kappa shape index (κ2) is 4.06. The molecule has 0 radical (unpaired) electrons. The van der Waals surface area contributed by atoms with Crippen LogP contribution in [0.1, 0.15) is 20.7 Å². The summed E-state index contributed by atoms with van der Waals surface area (Å²) in [5.74, 6) is -0.689. The predicted octanol–water partition coefficient (Wildman–Crippen LogP) is 3.17. The molecule has 0 bridgehead atoms. The van der Waals surface area contributed by atoms with Gasteiger partial charge in [0, 0.05) is 16.5 Å². The highest BCUT2D eigenvalue weighted by Gasteiger charge is 2.38. The van der Waals surface area contributed by atoms with Gasteiger partial charge in [0.15, 0.2) is 0 Å². The molecule has 0 unspecified atom stereocenters. The largest absolute Gasteiger partial charge is 0.406 e.